The van der Waals surface area contributed by atoms with Gasteiger partial charge in [-0.2, -0.15) is 0 Å². The Labute approximate surface area is 146 Å². The van der Waals surface area contributed by atoms with Gasteiger partial charge >= 0.3 is 6.09 Å². The van der Waals surface area contributed by atoms with Gasteiger partial charge in [0.15, 0.2) is 0 Å². The smallest absolute Gasteiger partial charge is 0.407 e. The molecule has 0 aliphatic carbocycles. The van der Waals surface area contributed by atoms with Crippen molar-refractivity contribution in [3.8, 4) is 0 Å². The first kappa shape index (κ1) is 18.7. The molecule has 1 atom stereocenters. The Bertz CT molecular complexity index is 617. The summed E-state index contributed by atoms with van der Waals surface area (Å²) in [5, 5.41) is 2.89. The summed E-state index contributed by atoms with van der Waals surface area (Å²) in [7, 11) is -1.18. The predicted octanol–water partition coefficient (Wildman–Crippen LogP) is 3.34. The van der Waals surface area contributed by atoms with Crippen LogP contribution in [0.15, 0.2) is 35.7 Å². The number of nitrogens with zero attached hydrogens (tertiary/aromatic N) is 1. The van der Waals surface area contributed by atoms with Crippen LogP contribution in [0.2, 0.25) is 0 Å². The zero-order valence-corrected chi connectivity index (χ0v) is 15.4. The molecule has 1 amide bonds. The molecule has 1 aromatic rings. The Morgan fingerprint density at radius 2 is 2.04 bits per heavy atom. The first-order valence-corrected chi connectivity index (χ1v) is 9.28. The SMILES string of the molecule is C=Cc1cccc(S(=O)N2CCC(NC(=O)OC(C)(C)C)CC2)c1. The second-order valence-corrected chi connectivity index (χ2v) is 8.36. The number of hydrogen-bond donors (Lipinski definition) is 1. The van der Waals surface area contributed by atoms with Crippen molar-refractivity contribution in [1.82, 2.24) is 9.62 Å². The van der Waals surface area contributed by atoms with Crippen molar-refractivity contribution in [3.05, 3.63) is 36.4 Å². The van der Waals surface area contributed by atoms with E-state index in [2.05, 4.69) is 11.9 Å². The van der Waals surface area contributed by atoms with Gasteiger partial charge in [0.25, 0.3) is 0 Å². The topological polar surface area (TPSA) is 58.6 Å². The van der Waals surface area contributed by atoms with Crippen molar-refractivity contribution >= 4 is 23.2 Å². The van der Waals surface area contributed by atoms with Gasteiger partial charge in [-0.3, -0.25) is 0 Å². The summed E-state index contributed by atoms with van der Waals surface area (Å²) in [6.45, 7) is 10.6. The summed E-state index contributed by atoms with van der Waals surface area (Å²) in [4.78, 5) is 12.6. The van der Waals surface area contributed by atoms with E-state index < -0.39 is 16.6 Å². The van der Waals surface area contributed by atoms with Crippen molar-refractivity contribution in [2.45, 2.75) is 50.2 Å². The van der Waals surface area contributed by atoms with Crippen LogP contribution < -0.4 is 5.32 Å². The normalized spacial score (nSPS) is 18.0. The first-order chi connectivity index (χ1) is 11.3. The minimum absolute atomic E-state index is 0.0626. The van der Waals surface area contributed by atoms with E-state index in [1.54, 1.807) is 6.08 Å². The molecular formula is C18H26N2O3S. The molecule has 1 heterocycles. The van der Waals surface area contributed by atoms with Gasteiger partial charge in [-0.15, -0.1) is 0 Å². The second kappa shape index (κ2) is 7.94. The second-order valence-electron chi connectivity index (χ2n) is 6.88. The fourth-order valence-corrected chi connectivity index (χ4v) is 3.81. The number of benzene rings is 1. The lowest BCUT2D eigenvalue weighted by molar-refractivity contribution is 0.0490. The molecule has 1 aliphatic rings. The molecule has 1 aliphatic heterocycles. The van der Waals surface area contributed by atoms with E-state index in [1.807, 2.05) is 49.3 Å². The zero-order chi connectivity index (χ0) is 17.7. The summed E-state index contributed by atoms with van der Waals surface area (Å²) in [6.07, 6.45) is 2.87. The van der Waals surface area contributed by atoms with Crippen molar-refractivity contribution in [2.24, 2.45) is 0 Å². The maximum Gasteiger partial charge on any atom is 0.407 e. The predicted molar refractivity (Wildman–Crippen MR) is 96.9 cm³/mol. The van der Waals surface area contributed by atoms with Crippen LogP contribution >= 0.6 is 0 Å². The summed E-state index contributed by atoms with van der Waals surface area (Å²) < 4.78 is 19.9. The maximum atomic E-state index is 12.7. The van der Waals surface area contributed by atoms with E-state index in [0.29, 0.717) is 13.1 Å². The molecule has 0 radical (unpaired) electrons. The van der Waals surface area contributed by atoms with Crippen LogP contribution in [0.1, 0.15) is 39.2 Å². The van der Waals surface area contributed by atoms with Crippen LogP contribution in [0.5, 0.6) is 0 Å². The van der Waals surface area contributed by atoms with E-state index in [9.17, 15) is 9.00 Å². The van der Waals surface area contributed by atoms with Gasteiger partial charge in [0.1, 0.15) is 16.6 Å². The third kappa shape index (κ3) is 5.46. The van der Waals surface area contributed by atoms with Gasteiger partial charge < -0.3 is 10.1 Å². The molecular weight excluding hydrogens is 324 g/mol. The maximum absolute atomic E-state index is 12.7. The molecule has 24 heavy (non-hydrogen) atoms. The number of nitrogens with one attached hydrogen (secondary N) is 1. The highest BCUT2D eigenvalue weighted by atomic mass is 32.2. The molecule has 2 rings (SSSR count). The quantitative estimate of drug-likeness (QED) is 0.906. The van der Waals surface area contributed by atoms with E-state index in [-0.39, 0.29) is 12.1 Å². The lowest BCUT2D eigenvalue weighted by atomic mass is 10.1. The van der Waals surface area contributed by atoms with Crippen LogP contribution in [0.25, 0.3) is 6.08 Å². The Kier molecular flexibility index (Phi) is 6.18. The Morgan fingerprint density at radius 1 is 1.38 bits per heavy atom. The van der Waals surface area contributed by atoms with Gasteiger partial charge in [0, 0.05) is 19.1 Å². The van der Waals surface area contributed by atoms with Crippen LogP contribution in [-0.2, 0) is 15.7 Å². The van der Waals surface area contributed by atoms with Gasteiger partial charge in [0.05, 0.1) is 4.90 Å². The molecule has 0 aromatic heterocycles. The Balaban J connectivity index is 1.87. The third-order valence-electron chi connectivity index (χ3n) is 3.70. The summed E-state index contributed by atoms with van der Waals surface area (Å²) in [5.41, 5.74) is 0.463. The highest BCUT2D eigenvalue weighted by Gasteiger charge is 2.26. The molecule has 0 saturated carbocycles. The fraction of sp³-hybridized carbons (Fsp3) is 0.500. The summed E-state index contributed by atoms with van der Waals surface area (Å²) in [5.74, 6) is 0. The molecule has 0 spiro atoms. The molecule has 0 bridgehead atoms. The first-order valence-electron chi connectivity index (χ1n) is 8.17. The van der Waals surface area contributed by atoms with Gasteiger partial charge in [0.2, 0.25) is 0 Å². The highest BCUT2D eigenvalue weighted by molar-refractivity contribution is 7.82. The van der Waals surface area contributed by atoms with Crippen molar-refractivity contribution in [2.75, 3.05) is 13.1 Å². The number of ether oxygens (including phenoxy) is 1. The summed E-state index contributed by atoms with van der Waals surface area (Å²) >= 11 is 0. The van der Waals surface area contributed by atoms with Crippen molar-refractivity contribution < 1.29 is 13.7 Å². The highest BCUT2D eigenvalue weighted by Crippen LogP contribution is 2.19. The molecule has 1 fully saturated rings. The Morgan fingerprint density at radius 3 is 2.62 bits per heavy atom. The standard InChI is InChI=1S/C18H26N2O3S/c1-5-14-7-6-8-16(13-14)24(22)20-11-9-15(10-12-20)19-17(21)23-18(2,3)4/h5-8,13,15H,1,9-12H2,2-4H3,(H,19,21). The van der Waals surface area contributed by atoms with Crippen LogP contribution in [0, 0.1) is 0 Å². The van der Waals surface area contributed by atoms with Crippen LogP contribution in [0.4, 0.5) is 4.79 Å². The average molecular weight is 350 g/mol. The molecule has 1 N–H and O–H groups in total. The monoisotopic (exact) mass is 350 g/mol. The number of hydrogen-bond acceptors (Lipinski definition) is 3. The lowest BCUT2D eigenvalue weighted by Gasteiger charge is -2.31. The van der Waals surface area contributed by atoms with Gasteiger partial charge in [-0.1, -0.05) is 24.8 Å². The van der Waals surface area contributed by atoms with E-state index in [0.717, 1.165) is 23.3 Å². The molecule has 1 unspecified atom stereocenters. The van der Waals surface area contributed by atoms with E-state index in [1.165, 1.54) is 0 Å². The van der Waals surface area contributed by atoms with E-state index >= 15 is 0 Å². The van der Waals surface area contributed by atoms with Crippen molar-refractivity contribution in [3.63, 3.8) is 0 Å². The number of carbonyl (C=O) groups is 1. The van der Waals surface area contributed by atoms with Gasteiger partial charge in [-0.25, -0.2) is 13.3 Å². The molecule has 1 aromatic carbocycles. The van der Waals surface area contributed by atoms with Crippen LogP contribution in [0.3, 0.4) is 0 Å². The number of carbonyl (C=O) groups excluding carboxylic acids is 1. The fourth-order valence-electron chi connectivity index (χ4n) is 2.54. The number of amides is 1. The zero-order valence-electron chi connectivity index (χ0n) is 14.6. The van der Waals surface area contributed by atoms with E-state index in [4.69, 9.17) is 4.74 Å². The number of rotatable bonds is 4. The summed E-state index contributed by atoms with van der Waals surface area (Å²) in [6, 6.07) is 7.65. The number of alkyl carbamates (subject to hydrolysis) is 1. The molecule has 5 nitrogen and oxygen atoms in total. The average Bonchev–Trinajstić information content (AvgIpc) is 2.53. The molecule has 1 saturated heterocycles. The minimum Gasteiger partial charge on any atom is -0.444 e. The molecule has 6 heteroatoms. The lowest BCUT2D eigenvalue weighted by Crippen LogP contribution is -2.46. The van der Waals surface area contributed by atoms with Gasteiger partial charge in [-0.05, 0) is 51.3 Å². The number of piperidine rings is 1. The largest absolute Gasteiger partial charge is 0.444 e. The molecule has 132 valence electrons. The third-order valence-corrected chi connectivity index (χ3v) is 5.20. The Hall–Kier alpha value is -1.66. The van der Waals surface area contributed by atoms with Crippen molar-refractivity contribution in [1.29, 1.82) is 0 Å². The minimum atomic E-state index is -1.18. The van der Waals surface area contributed by atoms with Crippen LogP contribution in [-0.4, -0.2) is 39.3 Å².